The van der Waals surface area contributed by atoms with Crippen LogP contribution in [-0.4, -0.2) is 49.6 Å². The van der Waals surface area contributed by atoms with Gasteiger partial charge < -0.3 is 15.0 Å². The quantitative estimate of drug-likeness (QED) is 0.868. The van der Waals surface area contributed by atoms with Crippen LogP contribution in [0.1, 0.15) is 15.9 Å². The van der Waals surface area contributed by atoms with Crippen LogP contribution in [0.25, 0.3) is 0 Å². The number of carbonyl (C=O) groups is 2. The van der Waals surface area contributed by atoms with Gasteiger partial charge in [0, 0.05) is 19.2 Å². The fourth-order valence-electron chi connectivity index (χ4n) is 2.17. The number of hydrogen-bond donors (Lipinski definition) is 1. The van der Waals surface area contributed by atoms with E-state index >= 15 is 0 Å². The molecule has 0 bridgehead atoms. The molecule has 0 spiro atoms. The summed E-state index contributed by atoms with van der Waals surface area (Å²) in [5.41, 5.74) is 0.778. The number of ether oxygens (including phenoxy) is 1. The number of nitrogens with zero attached hydrogens (tertiary/aromatic N) is 1. The SMILES string of the molecule is CNC(=O)C1COCCN1C(=O)c1ccc(F)c(C)c1. The minimum Gasteiger partial charge on any atom is -0.377 e. The van der Waals surface area contributed by atoms with Crippen molar-refractivity contribution in [1.29, 1.82) is 0 Å². The van der Waals surface area contributed by atoms with E-state index in [0.29, 0.717) is 24.3 Å². The Morgan fingerprint density at radius 3 is 2.85 bits per heavy atom. The summed E-state index contributed by atoms with van der Waals surface area (Å²) < 4.78 is 18.5. The third-order valence-electron chi connectivity index (χ3n) is 3.34. The van der Waals surface area contributed by atoms with Crippen LogP contribution in [-0.2, 0) is 9.53 Å². The number of nitrogens with one attached hydrogen (secondary N) is 1. The summed E-state index contributed by atoms with van der Waals surface area (Å²) >= 11 is 0. The van der Waals surface area contributed by atoms with E-state index in [1.807, 2.05) is 0 Å². The molecule has 0 radical (unpaired) electrons. The smallest absolute Gasteiger partial charge is 0.254 e. The van der Waals surface area contributed by atoms with Crippen molar-refractivity contribution in [3.8, 4) is 0 Å². The van der Waals surface area contributed by atoms with Crippen LogP contribution < -0.4 is 5.32 Å². The van der Waals surface area contributed by atoms with Gasteiger partial charge >= 0.3 is 0 Å². The van der Waals surface area contributed by atoms with Crippen LogP contribution in [0.4, 0.5) is 4.39 Å². The molecule has 1 aromatic rings. The first kappa shape index (κ1) is 14.5. The van der Waals surface area contributed by atoms with Crippen molar-refractivity contribution in [2.75, 3.05) is 26.8 Å². The molecule has 1 saturated heterocycles. The first-order valence-electron chi connectivity index (χ1n) is 6.41. The highest BCUT2D eigenvalue weighted by atomic mass is 19.1. The van der Waals surface area contributed by atoms with Crippen molar-refractivity contribution >= 4 is 11.8 Å². The third kappa shape index (κ3) is 2.80. The molecule has 2 amide bonds. The maximum Gasteiger partial charge on any atom is 0.254 e. The third-order valence-corrected chi connectivity index (χ3v) is 3.34. The maximum absolute atomic E-state index is 13.3. The van der Waals surface area contributed by atoms with Gasteiger partial charge in [-0.3, -0.25) is 9.59 Å². The topological polar surface area (TPSA) is 58.6 Å². The van der Waals surface area contributed by atoms with Crippen molar-refractivity contribution < 1.29 is 18.7 Å². The number of hydrogen-bond acceptors (Lipinski definition) is 3. The number of halogens is 1. The number of amides is 2. The molecular formula is C14H17FN2O3. The maximum atomic E-state index is 13.3. The normalized spacial score (nSPS) is 18.8. The van der Waals surface area contributed by atoms with Gasteiger partial charge in [0.1, 0.15) is 11.9 Å². The minimum atomic E-state index is -0.647. The lowest BCUT2D eigenvalue weighted by atomic mass is 10.1. The fraction of sp³-hybridized carbons (Fsp3) is 0.429. The molecule has 20 heavy (non-hydrogen) atoms. The van der Waals surface area contributed by atoms with E-state index in [1.165, 1.54) is 30.1 Å². The molecule has 1 atom stereocenters. The minimum absolute atomic E-state index is 0.172. The average molecular weight is 280 g/mol. The lowest BCUT2D eigenvalue weighted by molar-refractivity contribution is -0.130. The molecule has 6 heteroatoms. The van der Waals surface area contributed by atoms with Gasteiger partial charge in [0.15, 0.2) is 0 Å². The Morgan fingerprint density at radius 2 is 2.20 bits per heavy atom. The molecule has 108 valence electrons. The van der Waals surface area contributed by atoms with Crippen molar-refractivity contribution in [2.45, 2.75) is 13.0 Å². The molecule has 0 saturated carbocycles. The molecule has 1 N–H and O–H groups in total. The summed E-state index contributed by atoms with van der Waals surface area (Å²) in [6, 6.07) is 3.54. The molecule has 1 unspecified atom stereocenters. The standard InChI is InChI=1S/C14H17FN2O3/c1-9-7-10(3-4-11(9)15)14(19)17-5-6-20-8-12(17)13(18)16-2/h3-4,7,12H,5-6,8H2,1-2H3,(H,16,18). The number of benzene rings is 1. The van der Waals surface area contributed by atoms with E-state index in [1.54, 1.807) is 6.92 Å². The second kappa shape index (κ2) is 6.00. The summed E-state index contributed by atoms with van der Waals surface area (Å²) in [4.78, 5) is 25.7. The van der Waals surface area contributed by atoms with Gasteiger partial charge in [-0.15, -0.1) is 0 Å². The van der Waals surface area contributed by atoms with Gasteiger partial charge in [-0.25, -0.2) is 4.39 Å². The van der Waals surface area contributed by atoms with Crippen LogP contribution in [0.15, 0.2) is 18.2 Å². The predicted octanol–water partition coefficient (Wildman–Crippen LogP) is 0.721. The molecule has 1 aliphatic heterocycles. The van der Waals surface area contributed by atoms with Gasteiger partial charge in [0.05, 0.1) is 13.2 Å². The van der Waals surface area contributed by atoms with Crippen molar-refractivity contribution in [3.63, 3.8) is 0 Å². The number of carbonyl (C=O) groups excluding carboxylic acids is 2. The Labute approximate surface area is 116 Å². The predicted molar refractivity (Wildman–Crippen MR) is 70.8 cm³/mol. The first-order valence-corrected chi connectivity index (χ1v) is 6.41. The Balaban J connectivity index is 2.25. The number of likely N-dealkylation sites (N-methyl/N-ethyl adjacent to an activating group) is 1. The first-order chi connectivity index (χ1) is 9.54. The van der Waals surface area contributed by atoms with Crippen LogP contribution >= 0.6 is 0 Å². The average Bonchev–Trinajstić information content (AvgIpc) is 2.48. The Hall–Kier alpha value is -1.95. The second-order valence-corrected chi connectivity index (χ2v) is 4.67. The molecule has 0 aromatic heterocycles. The largest absolute Gasteiger partial charge is 0.377 e. The van der Waals surface area contributed by atoms with Crippen LogP contribution in [0.5, 0.6) is 0 Å². The van der Waals surface area contributed by atoms with E-state index in [-0.39, 0.29) is 24.2 Å². The van der Waals surface area contributed by atoms with Crippen LogP contribution in [0.3, 0.4) is 0 Å². The summed E-state index contributed by atoms with van der Waals surface area (Å²) in [6.07, 6.45) is 0. The lowest BCUT2D eigenvalue weighted by Crippen LogP contribution is -2.55. The van der Waals surface area contributed by atoms with Gasteiger partial charge in [-0.05, 0) is 30.7 Å². The summed E-state index contributed by atoms with van der Waals surface area (Å²) in [5, 5.41) is 2.52. The molecule has 1 aromatic carbocycles. The zero-order valence-corrected chi connectivity index (χ0v) is 11.5. The van der Waals surface area contributed by atoms with Crippen molar-refractivity contribution in [3.05, 3.63) is 35.1 Å². The van der Waals surface area contributed by atoms with E-state index in [9.17, 15) is 14.0 Å². The number of morpholine rings is 1. The van der Waals surface area contributed by atoms with Crippen LogP contribution in [0, 0.1) is 12.7 Å². The molecule has 2 rings (SSSR count). The molecule has 0 aliphatic carbocycles. The van der Waals surface area contributed by atoms with E-state index in [4.69, 9.17) is 4.74 Å². The van der Waals surface area contributed by atoms with Crippen molar-refractivity contribution in [1.82, 2.24) is 10.2 Å². The lowest BCUT2D eigenvalue weighted by Gasteiger charge is -2.34. The Morgan fingerprint density at radius 1 is 1.45 bits per heavy atom. The molecule has 1 heterocycles. The molecule has 5 nitrogen and oxygen atoms in total. The van der Waals surface area contributed by atoms with Gasteiger partial charge in [-0.1, -0.05) is 0 Å². The number of aryl methyl sites for hydroxylation is 1. The van der Waals surface area contributed by atoms with Crippen molar-refractivity contribution in [2.24, 2.45) is 0 Å². The molecule has 1 fully saturated rings. The highest BCUT2D eigenvalue weighted by molar-refractivity contribution is 5.97. The van der Waals surface area contributed by atoms with Gasteiger partial charge in [-0.2, -0.15) is 0 Å². The molecular weight excluding hydrogens is 263 g/mol. The highest BCUT2D eigenvalue weighted by Gasteiger charge is 2.32. The Kier molecular flexibility index (Phi) is 4.34. The fourth-order valence-corrected chi connectivity index (χ4v) is 2.17. The Bertz CT molecular complexity index is 533. The monoisotopic (exact) mass is 280 g/mol. The zero-order valence-electron chi connectivity index (χ0n) is 11.5. The summed E-state index contributed by atoms with van der Waals surface area (Å²) in [6.45, 7) is 2.50. The summed E-state index contributed by atoms with van der Waals surface area (Å²) in [7, 11) is 1.52. The zero-order chi connectivity index (χ0) is 14.7. The van der Waals surface area contributed by atoms with Crippen LogP contribution in [0.2, 0.25) is 0 Å². The molecule has 1 aliphatic rings. The van der Waals surface area contributed by atoms with E-state index in [2.05, 4.69) is 5.32 Å². The van der Waals surface area contributed by atoms with E-state index in [0.717, 1.165) is 0 Å². The second-order valence-electron chi connectivity index (χ2n) is 4.67. The number of rotatable bonds is 2. The van der Waals surface area contributed by atoms with Gasteiger partial charge in [0.2, 0.25) is 5.91 Å². The summed E-state index contributed by atoms with van der Waals surface area (Å²) in [5.74, 6) is -0.909. The highest BCUT2D eigenvalue weighted by Crippen LogP contribution is 2.15. The van der Waals surface area contributed by atoms with E-state index < -0.39 is 6.04 Å². The van der Waals surface area contributed by atoms with Gasteiger partial charge in [0.25, 0.3) is 5.91 Å².